The fourth-order valence-electron chi connectivity index (χ4n) is 2.27. The highest BCUT2D eigenvalue weighted by atomic mass is 32.2. The summed E-state index contributed by atoms with van der Waals surface area (Å²) in [4.78, 5) is 10.9. The maximum Gasteiger partial charge on any atom is 0.270 e. The first-order valence-electron chi connectivity index (χ1n) is 7.22. The van der Waals surface area contributed by atoms with Gasteiger partial charge in [0.2, 0.25) is 5.16 Å². The van der Waals surface area contributed by atoms with E-state index in [9.17, 15) is 15.4 Å². The minimum atomic E-state index is -0.532. The van der Waals surface area contributed by atoms with E-state index in [0.717, 1.165) is 16.8 Å². The Morgan fingerprint density at radius 1 is 1.28 bits per heavy atom. The molecule has 1 heterocycles. The number of nitriles is 1. The third-order valence-corrected chi connectivity index (χ3v) is 4.75. The molecule has 0 N–H and O–H groups in total. The van der Waals surface area contributed by atoms with Crippen LogP contribution in [0, 0.1) is 35.3 Å². The van der Waals surface area contributed by atoms with Crippen LogP contribution in [-0.2, 0) is 0 Å². The molecule has 9 heteroatoms. The van der Waals surface area contributed by atoms with Crippen molar-refractivity contribution in [3.8, 4) is 11.8 Å². The van der Waals surface area contributed by atoms with Crippen molar-refractivity contribution in [2.75, 3.05) is 0 Å². The van der Waals surface area contributed by atoms with E-state index in [4.69, 9.17) is 0 Å². The molecule has 124 valence electrons. The first-order chi connectivity index (χ1) is 12.0. The highest BCUT2D eigenvalue weighted by molar-refractivity contribution is 7.99. The molecule has 3 rings (SSSR count). The van der Waals surface area contributed by atoms with Crippen LogP contribution in [0.3, 0.4) is 0 Å². The minimum Gasteiger partial charge on any atom is -0.258 e. The molecular weight excluding hydrogens is 340 g/mol. The van der Waals surface area contributed by atoms with Gasteiger partial charge in [0.05, 0.1) is 16.2 Å². The Morgan fingerprint density at radius 3 is 2.80 bits per heavy atom. The fourth-order valence-corrected chi connectivity index (χ4v) is 3.11. The molecule has 0 saturated carbocycles. The van der Waals surface area contributed by atoms with E-state index in [2.05, 4.69) is 15.5 Å². The molecule has 8 nitrogen and oxygen atoms in total. The SMILES string of the molecule is Cc1cccc(-n2nnnc2Sc2ccc([N+](=O)[O-])cc2C#N)c1C. The molecule has 2 aromatic carbocycles. The lowest BCUT2D eigenvalue weighted by Gasteiger charge is -2.09. The van der Waals surface area contributed by atoms with E-state index >= 15 is 0 Å². The Balaban J connectivity index is 2.01. The van der Waals surface area contributed by atoms with Gasteiger partial charge in [0, 0.05) is 17.0 Å². The lowest BCUT2D eigenvalue weighted by molar-refractivity contribution is -0.384. The van der Waals surface area contributed by atoms with Crippen LogP contribution in [0.15, 0.2) is 46.5 Å². The monoisotopic (exact) mass is 352 g/mol. The number of nitro benzene ring substituents is 1. The van der Waals surface area contributed by atoms with Crippen LogP contribution in [0.1, 0.15) is 16.7 Å². The Labute approximate surface area is 147 Å². The topological polar surface area (TPSA) is 111 Å². The van der Waals surface area contributed by atoms with Crippen molar-refractivity contribution in [3.05, 3.63) is 63.2 Å². The summed E-state index contributed by atoms with van der Waals surface area (Å²) < 4.78 is 1.59. The lowest BCUT2D eigenvalue weighted by atomic mass is 10.1. The van der Waals surface area contributed by atoms with E-state index in [1.165, 1.54) is 30.0 Å². The second kappa shape index (κ2) is 6.70. The molecule has 25 heavy (non-hydrogen) atoms. The van der Waals surface area contributed by atoms with Gasteiger partial charge < -0.3 is 0 Å². The Kier molecular flexibility index (Phi) is 4.45. The average molecular weight is 352 g/mol. The van der Waals surface area contributed by atoms with Gasteiger partial charge in [0.15, 0.2) is 0 Å². The second-order valence-electron chi connectivity index (χ2n) is 5.24. The van der Waals surface area contributed by atoms with Gasteiger partial charge in [-0.1, -0.05) is 12.1 Å². The van der Waals surface area contributed by atoms with Crippen LogP contribution in [0.4, 0.5) is 5.69 Å². The molecule has 0 saturated heterocycles. The predicted octanol–water partition coefficient (Wildman–Crippen LogP) is 3.21. The molecule has 3 aromatic rings. The van der Waals surface area contributed by atoms with E-state index in [1.807, 2.05) is 38.1 Å². The minimum absolute atomic E-state index is 0.130. The Morgan fingerprint density at radius 2 is 2.08 bits per heavy atom. The first kappa shape index (κ1) is 16.6. The molecule has 0 unspecified atom stereocenters. The van der Waals surface area contributed by atoms with Crippen molar-refractivity contribution >= 4 is 17.4 Å². The molecule has 0 aliphatic carbocycles. The highest BCUT2D eigenvalue weighted by Gasteiger charge is 2.17. The summed E-state index contributed by atoms with van der Waals surface area (Å²) in [6.45, 7) is 3.98. The van der Waals surface area contributed by atoms with Crippen molar-refractivity contribution in [2.24, 2.45) is 0 Å². The maximum atomic E-state index is 10.9. The van der Waals surface area contributed by atoms with Gasteiger partial charge in [0.1, 0.15) is 6.07 Å². The van der Waals surface area contributed by atoms with Crippen molar-refractivity contribution in [3.63, 3.8) is 0 Å². The van der Waals surface area contributed by atoms with Crippen molar-refractivity contribution in [2.45, 2.75) is 23.9 Å². The molecule has 0 spiro atoms. The molecule has 0 bridgehead atoms. The van der Waals surface area contributed by atoms with Gasteiger partial charge in [0.25, 0.3) is 5.69 Å². The van der Waals surface area contributed by atoms with E-state index in [1.54, 1.807) is 4.68 Å². The normalized spacial score (nSPS) is 10.4. The standard InChI is InChI=1S/C16H12N6O2S/c1-10-4-3-5-14(11(10)2)21-16(18-19-20-21)25-15-7-6-13(22(23)24)8-12(15)9-17/h3-8H,1-2H3. The van der Waals surface area contributed by atoms with Gasteiger partial charge in [-0.15, -0.1) is 5.10 Å². The predicted molar refractivity (Wildman–Crippen MR) is 90.6 cm³/mol. The highest BCUT2D eigenvalue weighted by Crippen LogP contribution is 2.32. The summed E-state index contributed by atoms with van der Waals surface area (Å²) in [5, 5.41) is 32.4. The fraction of sp³-hybridized carbons (Fsp3) is 0.125. The van der Waals surface area contributed by atoms with Crippen LogP contribution in [0.5, 0.6) is 0 Å². The Bertz CT molecular complexity index is 1010. The van der Waals surface area contributed by atoms with Crippen LogP contribution in [0.2, 0.25) is 0 Å². The summed E-state index contributed by atoms with van der Waals surface area (Å²) in [6.07, 6.45) is 0. The number of hydrogen-bond donors (Lipinski definition) is 0. The summed E-state index contributed by atoms with van der Waals surface area (Å²) in [5.41, 5.74) is 3.07. The van der Waals surface area contributed by atoms with E-state index < -0.39 is 4.92 Å². The van der Waals surface area contributed by atoms with Crippen LogP contribution in [0.25, 0.3) is 5.69 Å². The maximum absolute atomic E-state index is 10.9. The molecule has 0 amide bonds. The third kappa shape index (κ3) is 3.20. The quantitative estimate of drug-likeness (QED) is 0.523. The zero-order valence-electron chi connectivity index (χ0n) is 13.4. The van der Waals surface area contributed by atoms with Crippen molar-refractivity contribution in [1.29, 1.82) is 5.26 Å². The number of aryl methyl sites for hydroxylation is 1. The van der Waals surface area contributed by atoms with Gasteiger partial charge >= 0.3 is 0 Å². The molecule has 0 fully saturated rings. The Hall–Kier alpha value is -3.25. The van der Waals surface area contributed by atoms with Crippen molar-refractivity contribution < 1.29 is 4.92 Å². The van der Waals surface area contributed by atoms with Crippen LogP contribution in [-0.4, -0.2) is 25.1 Å². The number of rotatable bonds is 4. The summed E-state index contributed by atoms with van der Waals surface area (Å²) in [6, 6.07) is 11.9. The third-order valence-electron chi connectivity index (χ3n) is 3.74. The van der Waals surface area contributed by atoms with Crippen molar-refractivity contribution in [1.82, 2.24) is 20.2 Å². The number of non-ortho nitro benzene ring substituents is 1. The molecule has 1 aromatic heterocycles. The van der Waals surface area contributed by atoms with Gasteiger partial charge in [-0.3, -0.25) is 10.1 Å². The van der Waals surface area contributed by atoms with Gasteiger partial charge in [-0.05, 0) is 59.3 Å². The molecular formula is C16H12N6O2S. The number of aromatic nitrogens is 4. The summed E-state index contributed by atoms with van der Waals surface area (Å²) >= 11 is 1.18. The molecule has 0 atom stereocenters. The molecule has 0 radical (unpaired) electrons. The number of nitro groups is 1. The largest absolute Gasteiger partial charge is 0.270 e. The zero-order valence-corrected chi connectivity index (χ0v) is 14.2. The summed E-state index contributed by atoms with van der Waals surface area (Å²) in [7, 11) is 0. The number of benzene rings is 2. The van der Waals surface area contributed by atoms with E-state index in [-0.39, 0.29) is 11.3 Å². The number of nitrogens with zero attached hydrogens (tertiary/aromatic N) is 6. The van der Waals surface area contributed by atoms with Gasteiger partial charge in [-0.25, -0.2) is 0 Å². The lowest BCUT2D eigenvalue weighted by Crippen LogP contribution is -2.02. The number of tetrazole rings is 1. The molecule has 0 aliphatic rings. The average Bonchev–Trinajstić information content (AvgIpc) is 3.05. The van der Waals surface area contributed by atoms with Crippen LogP contribution >= 0.6 is 11.8 Å². The first-order valence-corrected chi connectivity index (χ1v) is 8.04. The van der Waals surface area contributed by atoms with E-state index in [0.29, 0.717) is 10.1 Å². The smallest absolute Gasteiger partial charge is 0.258 e. The second-order valence-corrected chi connectivity index (χ2v) is 6.25. The van der Waals surface area contributed by atoms with Crippen LogP contribution < -0.4 is 0 Å². The summed E-state index contributed by atoms with van der Waals surface area (Å²) in [5.74, 6) is 0. The zero-order chi connectivity index (χ0) is 18.0. The number of hydrogen-bond acceptors (Lipinski definition) is 7. The van der Waals surface area contributed by atoms with Gasteiger partial charge in [-0.2, -0.15) is 9.94 Å². The molecule has 0 aliphatic heterocycles.